The first-order valence-corrected chi connectivity index (χ1v) is 5.70. The molecule has 0 unspecified atom stereocenters. The second kappa shape index (κ2) is 2.51. The third-order valence-electron chi connectivity index (χ3n) is 4.52. The molecule has 3 rings (SSSR count). The van der Waals surface area contributed by atoms with Crippen molar-refractivity contribution in [3.8, 4) is 0 Å². The van der Waals surface area contributed by atoms with E-state index in [-0.39, 0.29) is 11.3 Å². The fourth-order valence-corrected chi connectivity index (χ4v) is 3.81. The van der Waals surface area contributed by atoms with Crippen molar-refractivity contribution in [1.29, 1.82) is 0 Å². The molecule has 78 valence electrons. The Bertz CT molecular complexity index is 291. The summed E-state index contributed by atoms with van der Waals surface area (Å²) in [6.07, 6.45) is 7.04. The van der Waals surface area contributed by atoms with Crippen molar-refractivity contribution in [3.05, 3.63) is 0 Å². The van der Waals surface area contributed by atoms with Crippen molar-refractivity contribution in [3.63, 3.8) is 0 Å². The van der Waals surface area contributed by atoms with E-state index in [1.54, 1.807) is 0 Å². The van der Waals surface area contributed by atoms with Gasteiger partial charge in [-0.15, -0.1) is 0 Å². The van der Waals surface area contributed by atoms with E-state index in [1.807, 2.05) is 0 Å². The smallest absolute Gasteiger partial charge is 0.228 e. The maximum absolute atomic E-state index is 11.9. The van der Waals surface area contributed by atoms with Crippen LogP contribution in [0.2, 0.25) is 0 Å². The normalized spacial score (nSPS) is 51.2. The SMILES string of the molecule is O=C1N[C@]2(O)CC[C@@H]3CCCC[C@]13C2. The molecule has 1 saturated heterocycles. The van der Waals surface area contributed by atoms with Crippen molar-refractivity contribution in [2.45, 2.75) is 50.7 Å². The zero-order valence-corrected chi connectivity index (χ0v) is 8.38. The maximum Gasteiger partial charge on any atom is 0.228 e. The lowest BCUT2D eigenvalue weighted by Gasteiger charge is -2.43. The molecule has 1 heterocycles. The van der Waals surface area contributed by atoms with Crippen molar-refractivity contribution >= 4 is 5.91 Å². The van der Waals surface area contributed by atoms with Crippen LogP contribution < -0.4 is 5.32 Å². The van der Waals surface area contributed by atoms with Crippen LogP contribution in [0.3, 0.4) is 0 Å². The standard InChI is InChI=1S/C11H17NO2/c13-9-10-5-2-1-3-8(10)4-6-11(14,7-10)12-9/h8,14H,1-7H2,(H,12,13)/t8-,10+,11-/m0/s1. The van der Waals surface area contributed by atoms with E-state index in [4.69, 9.17) is 0 Å². The van der Waals surface area contributed by atoms with Crippen molar-refractivity contribution in [1.82, 2.24) is 5.32 Å². The fraction of sp³-hybridized carbons (Fsp3) is 0.909. The number of aliphatic hydroxyl groups is 1. The molecule has 0 aromatic carbocycles. The first kappa shape index (κ1) is 8.72. The van der Waals surface area contributed by atoms with Gasteiger partial charge in [0.2, 0.25) is 5.91 Å². The lowest BCUT2D eigenvalue weighted by Crippen LogP contribution is -2.43. The molecular weight excluding hydrogens is 178 g/mol. The van der Waals surface area contributed by atoms with Crippen LogP contribution in [0.25, 0.3) is 0 Å². The number of nitrogens with one attached hydrogen (secondary N) is 1. The van der Waals surface area contributed by atoms with Crippen LogP contribution in [0.4, 0.5) is 0 Å². The number of fused-ring (bicyclic) bond motifs is 1. The zero-order valence-electron chi connectivity index (χ0n) is 8.38. The number of carbonyl (C=O) groups excluding carboxylic acids is 1. The Morgan fingerprint density at radius 1 is 1.29 bits per heavy atom. The third kappa shape index (κ3) is 0.937. The molecule has 14 heavy (non-hydrogen) atoms. The fourth-order valence-electron chi connectivity index (χ4n) is 3.81. The average Bonchev–Trinajstić information content (AvgIpc) is 2.34. The lowest BCUT2D eigenvalue weighted by molar-refractivity contribution is -0.132. The van der Waals surface area contributed by atoms with Gasteiger partial charge in [-0.2, -0.15) is 0 Å². The van der Waals surface area contributed by atoms with Gasteiger partial charge in [0.15, 0.2) is 0 Å². The van der Waals surface area contributed by atoms with Crippen LogP contribution in [0.15, 0.2) is 0 Å². The summed E-state index contributed by atoms with van der Waals surface area (Å²) in [6.45, 7) is 0. The van der Waals surface area contributed by atoms with Gasteiger partial charge in [-0.1, -0.05) is 12.8 Å². The van der Waals surface area contributed by atoms with Gasteiger partial charge in [-0.25, -0.2) is 0 Å². The predicted octanol–water partition coefficient (Wildman–Crippen LogP) is 1.17. The molecule has 1 aliphatic heterocycles. The summed E-state index contributed by atoms with van der Waals surface area (Å²) in [7, 11) is 0. The van der Waals surface area contributed by atoms with Gasteiger partial charge >= 0.3 is 0 Å². The largest absolute Gasteiger partial charge is 0.371 e. The summed E-state index contributed by atoms with van der Waals surface area (Å²) in [5.74, 6) is 0.668. The van der Waals surface area contributed by atoms with E-state index >= 15 is 0 Å². The van der Waals surface area contributed by atoms with E-state index < -0.39 is 5.72 Å². The minimum atomic E-state index is -0.856. The maximum atomic E-state index is 11.9. The molecule has 3 fully saturated rings. The van der Waals surface area contributed by atoms with Crippen LogP contribution in [0.1, 0.15) is 44.9 Å². The Hall–Kier alpha value is -0.570. The van der Waals surface area contributed by atoms with Gasteiger partial charge in [0, 0.05) is 6.42 Å². The Morgan fingerprint density at radius 3 is 3.00 bits per heavy atom. The van der Waals surface area contributed by atoms with E-state index in [0.29, 0.717) is 12.3 Å². The minimum absolute atomic E-state index is 0.127. The first-order valence-electron chi connectivity index (χ1n) is 5.70. The second-order valence-electron chi connectivity index (χ2n) is 5.30. The first-order chi connectivity index (χ1) is 6.65. The van der Waals surface area contributed by atoms with Crippen LogP contribution in [0.5, 0.6) is 0 Å². The van der Waals surface area contributed by atoms with Gasteiger partial charge in [-0.05, 0) is 31.6 Å². The van der Waals surface area contributed by atoms with E-state index in [2.05, 4.69) is 5.32 Å². The van der Waals surface area contributed by atoms with Crippen molar-refractivity contribution in [2.24, 2.45) is 11.3 Å². The van der Waals surface area contributed by atoms with Crippen molar-refractivity contribution in [2.75, 3.05) is 0 Å². The third-order valence-corrected chi connectivity index (χ3v) is 4.52. The summed E-state index contributed by atoms with van der Waals surface area (Å²) in [5.41, 5.74) is -1.05. The molecule has 0 aromatic heterocycles. The highest BCUT2D eigenvalue weighted by Gasteiger charge is 2.60. The second-order valence-corrected chi connectivity index (χ2v) is 5.30. The number of hydrogen-bond acceptors (Lipinski definition) is 2. The summed E-state index contributed by atoms with van der Waals surface area (Å²) in [4.78, 5) is 11.9. The molecule has 2 saturated carbocycles. The van der Waals surface area contributed by atoms with E-state index in [9.17, 15) is 9.90 Å². The molecule has 2 aliphatic carbocycles. The molecule has 3 atom stereocenters. The van der Waals surface area contributed by atoms with Gasteiger partial charge in [0.25, 0.3) is 0 Å². The lowest BCUT2D eigenvalue weighted by atomic mass is 9.59. The van der Waals surface area contributed by atoms with Crippen LogP contribution in [-0.4, -0.2) is 16.7 Å². The number of hydrogen-bond donors (Lipinski definition) is 2. The van der Waals surface area contributed by atoms with Gasteiger partial charge in [0.05, 0.1) is 5.41 Å². The highest BCUT2D eigenvalue weighted by atomic mass is 16.3. The molecule has 1 spiro atoms. The topological polar surface area (TPSA) is 49.3 Å². The highest BCUT2D eigenvalue weighted by Crippen LogP contribution is 2.56. The monoisotopic (exact) mass is 195 g/mol. The van der Waals surface area contributed by atoms with Gasteiger partial charge in [0.1, 0.15) is 5.72 Å². The molecule has 2 N–H and O–H groups in total. The Kier molecular flexibility index (Phi) is 1.56. The molecule has 2 bridgehead atoms. The van der Waals surface area contributed by atoms with Crippen LogP contribution >= 0.6 is 0 Å². The molecular formula is C11H17NO2. The van der Waals surface area contributed by atoms with Crippen LogP contribution in [0, 0.1) is 11.3 Å². The van der Waals surface area contributed by atoms with Crippen LogP contribution in [-0.2, 0) is 4.79 Å². The molecule has 1 amide bonds. The summed E-state index contributed by atoms with van der Waals surface area (Å²) in [6, 6.07) is 0. The molecule has 0 aromatic rings. The number of rotatable bonds is 0. The average molecular weight is 195 g/mol. The zero-order chi connectivity index (χ0) is 9.81. The predicted molar refractivity (Wildman–Crippen MR) is 51.3 cm³/mol. The number of amides is 1. The molecule has 3 nitrogen and oxygen atoms in total. The summed E-state index contributed by atoms with van der Waals surface area (Å²) >= 11 is 0. The van der Waals surface area contributed by atoms with E-state index in [0.717, 1.165) is 25.7 Å². The minimum Gasteiger partial charge on any atom is -0.371 e. The van der Waals surface area contributed by atoms with Crippen molar-refractivity contribution < 1.29 is 9.90 Å². The van der Waals surface area contributed by atoms with Gasteiger partial charge < -0.3 is 10.4 Å². The van der Waals surface area contributed by atoms with E-state index in [1.165, 1.54) is 12.8 Å². The molecule has 3 heteroatoms. The van der Waals surface area contributed by atoms with Gasteiger partial charge in [-0.3, -0.25) is 4.79 Å². The Balaban J connectivity index is 2.00. The highest BCUT2D eigenvalue weighted by molar-refractivity contribution is 5.86. The summed E-state index contributed by atoms with van der Waals surface area (Å²) in [5, 5.41) is 12.9. The Labute approximate surface area is 83.9 Å². The Morgan fingerprint density at radius 2 is 2.14 bits per heavy atom. The summed E-state index contributed by atoms with van der Waals surface area (Å²) < 4.78 is 0. The molecule has 0 radical (unpaired) electrons. The molecule has 3 aliphatic rings. The number of carbonyl (C=O) groups is 1. The quantitative estimate of drug-likeness (QED) is 0.609.